The van der Waals surface area contributed by atoms with E-state index < -0.39 is 29.3 Å². The van der Waals surface area contributed by atoms with Crippen LogP contribution in [0.3, 0.4) is 0 Å². The van der Waals surface area contributed by atoms with Gasteiger partial charge in [0, 0.05) is 18.3 Å². The number of rotatable bonds is 7. The van der Waals surface area contributed by atoms with Crippen LogP contribution in [0.25, 0.3) is 22.4 Å². The third-order valence-corrected chi connectivity index (χ3v) is 6.11. The average molecular weight is 534 g/mol. The van der Waals surface area contributed by atoms with Crippen molar-refractivity contribution in [2.75, 3.05) is 17.2 Å². The van der Waals surface area contributed by atoms with Crippen molar-refractivity contribution in [3.05, 3.63) is 112 Å². The van der Waals surface area contributed by atoms with Crippen LogP contribution in [0.2, 0.25) is 0 Å². The molecule has 0 saturated heterocycles. The maximum atomic E-state index is 12.9. The Morgan fingerprint density at radius 2 is 1.69 bits per heavy atom. The predicted octanol–water partition coefficient (Wildman–Crippen LogP) is 5.33. The molecule has 3 aromatic carbocycles. The zero-order valence-electron chi connectivity index (χ0n) is 20.2. The molecule has 0 fully saturated rings. The first-order valence-electron chi connectivity index (χ1n) is 11.9. The second-order valence-electron chi connectivity index (χ2n) is 8.72. The summed E-state index contributed by atoms with van der Waals surface area (Å²) in [6.07, 6.45) is -3.85. The molecule has 0 aliphatic heterocycles. The van der Waals surface area contributed by atoms with Crippen molar-refractivity contribution < 1.29 is 23.1 Å². The number of aromatic amines is 2. The SMILES string of the molecule is O=C(Nc1cccc2nc(-c3c(NCC(O)c4ccccc4)cc[nH]c3=O)[nH]c12)c1ccc(C(F)(F)F)cc1. The summed E-state index contributed by atoms with van der Waals surface area (Å²) in [5.41, 5.74) is 1.32. The van der Waals surface area contributed by atoms with Crippen molar-refractivity contribution >= 4 is 28.3 Å². The molecule has 0 bridgehead atoms. The van der Waals surface area contributed by atoms with Crippen molar-refractivity contribution in [3.63, 3.8) is 0 Å². The molecular formula is C28H22F3N5O3. The highest BCUT2D eigenvalue weighted by Gasteiger charge is 2.30. The number of amides is 1. The van der Waals surface area contributed by atoms with Gasteiger partial charge in [-0.05, 0) is 48.0 Å². The number of para-hydroxylation sites is 1. The zero-order valence-corrected chi connectivity index (χ0v) is 20.2. The maximum Gasteiger partial charge on any atom is 0.416 e. The van der Waals surface area contributed by atoms with E-state index in [9.17, 15) is 27.9 Å². The van der Waals surface area contributed by atoms with Gasteiger partial charge < -0.3 is 25.7 Å². The lowest BCUT2D eigenvalue weighted by atomic mass is 10.1. The number of aliphatic hydroxyl groups is 1. The number of nitrogens with one attached hydrogen (secondary N) is 4. The van der Waals surface area contributed by atoms with Crippen molar-refractivity contribution in [3.8, 4) is 11.4 Å². The number of benzene rings is 3. The fourth-order valence-corrected chi connectivity index (χ4v) is 4.12. The van der Waals surface area contributed by atoms with Gasteiger partial charge in [-0.2, -0.15) is 13.2 Å². The standard InChI is InChI=1S/C28H22F3N5O3/c29-28(30,31)18-11-9-17(10-12-18)26(38)35-21-8-4-7-20-24(21)36-25(34-20)23-19(13-14-32-27(23)39)33-15-22(37)16-5-2-1-3-6-16/h1-14,22,37H,15H2,(H,34,36)(H,35,38)(H2,32,33,39). The van der Waals surface area contributed by atoms with Crippen molar-refractivity contribution in [2.24, 2.45) is 0 Å². The number of aliphatic hydroxyl groups excluding tert-OH is 1. The Hall–Kier alpha value is -4.90. The number of alkyl halides is 3. The molecule has 0 saturated carbocycles. The van der Waals surface area contributed by atoms with Crippen LogP contribution >= 0.6 is 0 Å². The van der Waals surface area contributed by atoms with Crippen LogP contribution in [-0.4, -0.2) is 32.5 Å². The molecule has 0 radical (unpaired) electrons. The Bertz CT molecular complexity index is 1680. The van der Waals surface area contributed by atoms with E-state index >= 15 is 0 Å². The molecule has 8 nitrogen and oxygen atoms in total. The molecule has 11 heteroatoms. The second kappa shape index (κ2) is 10.5. The van der Waals surface area contributed by atoms with Gasteiger partial charge in [0.15, 0.2) is 0 Å². The number of imidazole rings is 1. The van der Waals surface area contributed by atoms with Crippen LogP contribution in [0.4, 0.5) is 24.5 Å². The minimum atomic E-state index is -4.50. The number of pyridine rings is 1. The summed E-state index contributed by atoms with van der Waals surface area (Å²) < 4.78 is 38.6. The van der Waals surface area contributed by atoms with Gasteiger partial charge >= 0.3 is 6.18 Å². The Kier molecular flexibility index (Phi) is 6.90. The quantitative estimate of drug-likeness (QED) is 0.193. The minimum absolute atomic E-state index is 0.0442. The number of carbonyl (C=O) groups excluding carboxylic acids is 1. The number of nitrogens with zero attached hydrogens (tertiary/aromatic N) is 1. The van der Waals surface area contributed by atoms with Crippen molar-refractivity contribution in [2.45, 2.75) is 12.3 Å². The van der Waals surface area contributed by atoms with Gasteiger partial charge in [-0.25, -0.2) is 4.98 Å². The van der Waals surface area contributed by atoms with E-state index in [1.54, 1.807) is 36.4 Å². The third kappa shape index (κ3) is 5.53. The summed E-state index contributed by atoms with van der Waals surface area (Å²) in [4.78, 5) is 35.8. The first-order valence-corrected chi connectivity index (χ1v) is 11.9. The molecular weight excluding hydrogens is 511 g/mol. The fraction of sp³-hybridized carbons (Fsp3) is 0.107. The van der Waals surface area contributed by atoms with Crippen LogP contribution < -0.4 is 16.2 Å². The Balaban J connectivity index is 1.41. The van der Waals surface area contributed by atoms with Gasteiger partial charge in [0.1, 0.15) is 11.4 Å². The Labute approximate surface area is 219 Å². The van der Waals surface area contributed by atoms with Gasteiger partial charge in [0.2, 0.25) is 0 Å². The summed E-state index contributed by atoms with van der Waals surface area (Å²) in [6, 6.07) is 19.6. The van der Waals surface area contributed by atoms with E-state index in [2.05, 4.69) is 25.6 Å². The summed E-state index contributed by atoms with van der Waals surface area (Å²) in [5, 5.41) is 16.3. The number of hydrogen-bond acceptors (Lipinski definition) is 5. The van der Waals surface area contributed by atoms with Gasteiger partial charge in [0.05, 0.1) is 34.1 Å². The number of H-pyrrole nitrogens is 2. The van der Waals surface area contributed by atoms with Gasteiger partial charge in [-0.15, -0.1) is 0 Å². The summed E-state index contributed by atoms with van der Waals surface area (Å²) in [6.45, 7) is 0.134. The highest BCUT2D eigenvalue weighted by Crippen LogP contribution is 2.30. The van der Waals surface area contributed by atoms with Crippen LogP contribution in [0.5, 0.6) is 0 Å². The van der Waals surface area contributed by atoms with Crippen molar-refractivity contribution in [1.29, 1.82) is 0 Å². The number of fused-ring (bicyclic) bond motifs is 1. The summed E-state index contributed by atoms with van der Waals surface area (Å²) in [5.74, 6) is -0.387. The van der Waals surface area contributed by atoms with Gasteiger partial charge in [-0.3, -0.25) is 9.59 Å². The monoisotopic (exact) mass is 533 g/mol. The first kappa shape index (κ1) is 25.7. The van der Waals surface area contributed by atoms with Crippen LogP contribution in [0.15, 0.2) is 89.9 Å². The molecule has 5 N–H and O–H groups in total. The minimum Gasteiger partial charge on any atom is -0.387 e. The first-order chi connectivity index (χ1) is 18.7. The molecule has 5 aromatic rings. The zero-order chi connectivity index (χ0) is 27.6. The number of aromatic nitrogens is 3. The normalized spacial score (nSPS) is 12.3. The lowest BCUT2D eigenvalue weighted by Crippen LogP contribution is -2.17. The van der Waals surface area contributed by atoms with E-state index in [4.69, 9.17) is 0 Å². The van der Waals surface area contributed by atoms with Crippen LogP contribution in [-0.2, 0) is 6.18 Å². The molecule has 0 aliphatic carbocycles. The molecule has 39 heavy (non-hydrogen) atoms. The van der Waals surface area contributed by atoms with E-state index in [0.717, 1.165) is 24.3 Å². The highest BCUT2D eigenvalue weighted by atomic mass is 19.4. The molecule has 1 atom stereocenters. The molecule has 2 heterocycles. The van der Waals surface area contributed by atoms with Crippen LogP contribution in [0, 0.1) is 0 Å². The van der Waals surface area contributed by atoms with E-state index in [1.807, 2.05) is 18.2 Å². The molecule has 1 unspecified atom stereocenters. The smallest absolute Gasteiger partial charge is 0.387 e. The molecule has 0 aliphatic rings. The maximum absolute atomic E-state index is 12.9. The number of carbonyl (C=O) groups is 1. The molecule has 198 valence electrons. The van der Waals surface area contributed by atoms with Crippen LogP contribution in [0.1, 0.15) is 27.6 Å². The summed E-state index contributed by atoms with van der Waals surface area (Å²) in [7, 11) is 0. The highest BCUT2D eigenvalue weighted by molar-refractivity contribution is 6.08. The lowest BCUT2D eigenvalue weighted by Gasteiger charge is -2.14. The van der Waals surface area contributed by atoms with Crippen molar-refractivity contribution in [1.82, 2.24) is 15.0 Å². The fourth-order valence-electron chi connectivity index (χ4n) is 4.12. The molecule has 5 rings (SSSR count). The lowest BCUT2D eigenvalue weighted by molar-refractivity contribution is -0.137. The number of hydrogen-bond donors (Lipinski definition) is 5. The predicted molar refractivity (Wildman–Crippen MR) is 141 cm³/mol. The Morgan fingerprint density at radius 1 is 0.949 bits per heavy atom. The molecule has 0 spiro atoms. The molecule has 1 amide bonds. The Morgan fingerprint density at radius 3 is 2.41 bits per heavy atom. The largest absolute Gasteiger partial charge is 0.416 e. The van der Waals surface area contributed by atoms with E-state index in [1.165, 1.54) is 6.20 Å². The summed E-state index contributed by atoms with van der Waals surface area (Å²) >= 11 is 0. The van der Waals surface area contributed by atoms with Gasteiger partial charge in [0.25, 0.3) is 11.5 Å². The third-order valence-electron chi connectivity index (χ3n) is 6.11. The topological polar surface area (TPSA) is 123 Å². The number of anilines is 2. The average Bonchev–Trinajstić information content (AvgIpc) is 3.36. The molecule has 2 aromatic heterocycles. The van der Waals surface area contributed by atoms with E-state index in [-0.39, 0.29) is 23.5 Å². The van der Waals surface area contributed by atoms with E-state index in [0.29, 0.717) is 28.0 Å². The number of halogens is 3. The van der Waals surface area contributed by atoms with Gasteiger partial charge in [-0.1, -0.05) is 36.4 Å². The second-order valence-corrected chi connectivity index (χ2v) is 8.72.